The highest BCUT2D eigenvalue weighted by atomic mass is 14.9. The zero-order chi connectivity index (χ0) is 15.4. The minimum Gasteiger partial charge on any atom is -0.279 e. The maximum Gasteiger partial charge on any atom is 0.0872 e. The summed E-state index contributed by atoms with van der Waals surface area (Å²) >= 11 is 0. The molecule has 0 aromatic heterocycles. The number of nitrogens with zero attached hydrogens (tertiary/aromatic N) is 1. The van der Waals surface area contributed by atoms with E-state index in [4.69, 9.17) is 4.99 Å². The van der Waals surface area contributed by atoms with Crippen LogP contribution in [0.4, 0.5) is 0 Å². The molecule has 2 aromatic rings. The molecule has 1 aliphatic rings. The van der Waals surface area contributed by atoms with E-state index in [-0.39, 0.29) is 5.54 Å². The molecule has 1 atom stereocenters. The van der Waals surface area contributed by atoms with Crippen molar-refractivity contribution in [2.75, 3.05) is 0 Å². The summed E-state index contributed by atoms with van der Waals surface area (Å²) in [5.41, 5.74) is 4.74. The molecule has 0 aliphatic carbocycles. The standard InChI is InChI=1S/C21H21N/c1-17-16-20(19-13-7-4-8-14-19)21(2,22-17)15-9-12-18-10-5-3-6-11-18/h3-14,16H,15H2,1-2H3/b12-9+. The van der Waals surface area contributed by atoms with Crippen LogP contribution in [0.5, 0.6) is 0 Å². The Morgan fingerprint density at radius 2 is 1.59 bits per heavy atom. The zero-order valence-corrected chi connectivity index (χ0v) is 13.2. The van der Waals surface area contributed by atoms with E-state index in [1.807, 2.05) is 6.07 Å². The molecule has 1 aliphatic heterocycles. The van der Waals surface area contributed by atoms with Crippen LogP contribution in [0.1, 0.15) is 31.4 Å². The van der Waals surface area contributed by atoms with Crippen LogP contribution < -0.4 is 0 Å². The van der Waals surface area contributed by atoms with Gasteiger partial charge >= 0.3 is 0 Å². The van der Waals surface area contributed by atoms with Crippen LogP contribution in [0.2, 0.25) is 0 Å². The van der Waals surface area contributed by atoms with Crippen LogP contribution >= 0.6 is 0 Å². The number of hydrogen-bond donors (Lipinski definition) is 0. The Morgan fingerprint density at radius 1 is 0.955 bits per heavy atom. The average molecular weight is 287 g/mol. The highest BCUT2D eigenvalue weighted by molar-refractivity contribution is 6.05. The van der Waals surface area contributed by atoms with Crippen LogP contribution in [0, 0.1) is 0 Å². The summed E-state index contributed by atoms with van der Waals surface area (Å²) in [6, 6.07) is 21.0. The van der Waals surface area contributed by atoms with Gasteiger partial charge in [0.2, 0.25) is 0 Å². The fourth-order valence-electron chi connectivity index (χ4n) is 3.00. The summed E-state index contributed by atoms with van der Waals surface area (Å²) in [4.78, 5) is 4.88. The minimum absolute atomic E-state index is 0.170. The molecule has 1 nitrogen and oxygen atoms in total. The Balaban J connectivity index is 1.82. The maximum atomic E-state index is 4.88. The van der Waals surface area contributed by atoms with Gasteiger partial charge in [0.1, 0.15) is 0 Å². The van der Waals surface area contributed by atoms with Gasteiger partial charge in [-0.15, -0.1) is 0 Å². The summed E-state index contributed by atoms with van der Waals surface area (Å²) < 4.78 is 0. The van der Waals surface area contributed by atoms with E-state index in [2.05, 4.69) is 86.7 Å². The van der Waals surface area contributed by atoms with Crippen LogP contribution in [0.3, 0.4) is 0 Å². The van der Waals surface area contributed by atoms with Gasteiger partial charge in [-0.3, -0.25) is 4.99 Å². The molecule has 0 saturated heterocycles. The lowest BCUT2D eigenvalue weighted by Crippen LogP contribution is -2.20. The van der Waals surface area contributed by atoms with Gasteiger partial charge in [-0.25, -0.2) is 0 Å². The third-order valence-electron chi connectivity index (χ3n) is 4.07. The predicted octanol–water partition coefficient (Wildman–Crippen LogP) is 5.41. The largest absolute Gasteiger partial charge is 0.279 e. The number of hydrogen-bond acceptors (Lipinski definition) is 1. The van der Waals surface area contributed by atoms with Crippen molar-refractivity contribution >= 4 is 17.4 Å². The predicted molar refractivity (Wildman–Crippen MR) is 96.0 cm³/mol. The molecule has 2 aromatic carbocycles. The SMILES string of the molecule is CC1=NC(C)(C/C=C/c2ccccc2)C(c2ccccc2)=C1. The highest BCUT2D eigenvalue weighted by Gasteiger charge is 2.31. The van der Waals surface area contributed by atoms with Gasteiger partial charge in [0.15, 0.2) is 0 Å². The number of rotatable bonds is 4. The highest BCUT2D eigenvalue weighted by Crippen LogP contribution is 2.38. The van der Waals surface area contributed by atoms with E-state index in [9.17, 15) is 0 Å². The average Bonchev–Trinajstić information content (AvgIpc) is 2.84. The van der Waals surface area contributed by atoms with Crippen LogP contribution in [-0.2, 0) is 0 Å². The molecule has 3 rings (SSSR count). The Kier molecular flexibility index (Phi) is 4.06. The molecular weight excluding hydrogens is 266 g/mol. The number of aliphatic imine (C=N–C) groups is 1. The van der Waals surface area contributed by atoms with Crippen molar-refractivity contribution in [2.24, 2.45) is 4.99 Å². The van der Waals surface area contributed by atoms with Crippen LogP contribution in [-0.4, -0.2) is 11.3 Å². The lowest BCUT2D eigenvalue weighted by Gasteiger charge is -2.24. The lowest BCUT2D eigenvalue weighted by atomic mass is 9.85. The molecule has 22 heavy (non-hydrogen) atoms. The first-order valence-electron chi connectivity index (χ1n) is 7.73. The second-order valence-electron chi connectivity index (χ2n) is 5.97. The van der Waals surface area contributed by atoms with Crippen molar-refractivity contribution < 1.29 is 0 Å². The third kappa shape index (κ3) is 3.09. The van der Waals surface area contributed by atoms with Crippen molar-refractivity contribution in [1.82, 2.24) is 0 Å². The smallest absolute Gasteiger partial charge is 0.0872 e. The van der Waals surface area contributed by atoms with E-state index < -0.39 is 0 Å². The van der Waals surface area contributed by atoms with Crippen molar-refractivity contribution in [3.05, 3.63) is 83.9 Å². The Morgan fingerprint density at radius 3 is 2.27 bits per heavy atom. The first-order chi connectivity index (χ1) is 10.7. The molecule has 0 saturated carbocycles. The van der Waals surface area contributed by atoms with Gasteiger partial charge in [0.05, 0.1) is 5.54 Å². The van der Waals surface area contributed by atoms with Crippen LogP contribution in [0.25, 0.3) is 11.6 Å². The van der Waals surface area contributed by atoms with Gasteiger partial charge in [0, 0.05) is 5.71 Å². The Labute approximate surface area is 132 Å². The summed E-state index contributed by atoms with van der Waals surface area (Å²) in [5.74, 6) is 0. The molecule has 0 radical (unpaired) electrons. The fourth-order valence-corrected chi connectivity index (χ4v) is 3.00. The van der Waals surface area contributed by atoms with Gasteiger partial charge < -0.3 is 0 Å². The van der Waals surface area contributed by atoms with E-state index in [0.717, 1.165) is 12.1 Å². The monoisotopic (exact) mass is 287 g/mol. The lowest BCUT2D eigenvalue weighted by molar-refractivity contribution is 0.627. The van der Waals surface area contributed by atoms with Crippen molar-refractivity contribution in [3.8, 4) is 0 Å². The van der Waals surface area contributed by atoms with Gasteiger partial charge in [-0.2, -0.15) is 0 Å². The molecule has 0 fully saturated rings. The number of allylic oxidation sites excluding steroid dienone is 1. The van der Waals surface area contributed by atoms with Gasteiger partial charge in [-0.05, 0) is 43.0 Å². The number of benzene rings is 2. The normalized spacial score (nSPS) is 21.0. The first kappa shape index (κ1) is 14.5. The third-order valence-corrected chi connectivity index (χ3v) is 4.07. The maximum absolute atomic E-state index is 4.88. The fraction of sp³-hybridized carbons (Fsp3) is 0.190. The molecule has 0 bridgehead atoms. The first-order valence-corrected chi connectivity index (χ1v) is 7.73. The second-order valence-corrected chi connectivity index (χ2v) is 5.97. The molecule has 1 unspecified atom stereocenters. The quantitative estimate of drug-likeness (QED) is 0.713. The van der Waals surface area contributed by atoms with E-state index in [0.29, 0.717) is 0 Å². The summed E-state index contributed by atoms with van der Waals surface area (Å²) in [6.45, 7) is 4.30. The van der Waals surface area contributed by atoms with Crippen molar-refractivity contribution in [3.63, 3.8) is 0 Å². The molecule has 0 amide bonds. The van der Waals surface area contributed by atoms with E-state index in [1.54, 1.807) is 0 Å². The van der Waals surface area contributed by atoms with E-state index in [1.165, 1.54) is 16.7 Å². The summed E-state index contributed by atoms with van der Waals surface area (Å²) in [5, 5.41) is 0. The molecule has 0 spiro atoms. The van der Waals surface area contributed by atoms with E-state index >= 15 is 0 Å². The summed E-state index contributed by atoms with van der Waals surface area (Å²) in [7, 11) is 0. The Hall–Kier alpha value is -2.41. The van der Waals surface area contributed by atoms with Crippen molar-refractivity contribution in [2.45, 2.75) is 25.8 Å². The molecule has 110 valence electrons. The van der Waals surface area contributed by atoms with Gasteiger partial charge in [0.25, 0.3) is 0 Å². The summed E-state index contributed by atoms with van der Waals surface area (Å²) in [6.07, 6.45) is 7.52. The molecule has 0 N–H and O–H groups in total. The minimum atomic E-state index is -0.170. The van der Waals surface area contributed by atoms with Crippen molar-refractivity contribution in [1.29, 1.82) is 0 Å². The topological polar surface area (TPSA) is 12.4 Å². The zero-order valence-electron chi connectivity index (χ0n) is 13.2. The molecule has 1 heteroatoms. The van der Waals surface area contributed by atoms with Crippen LogP contribution in [0.15, 0.2) is 77.8 Å². The second kappa shape index (κ2) is 6.15. The molecular formula is C21H21N. The molecule has 1 heterocycles. The Bertz CT molecular complexity index is 723. The van der Waals surface area contributed by atoms with Gasteiger partial charge in [-0.1, -0.05) is 72.8 Å².